The second-order valence-corrected chi connectivity index (χ2v) is 2.44. The third kappa shape index (κ3) is 2.31. The summed E-state index contributed by atoms with van der Waals surface area (Å²) < 4.78 is 5.16. The first-order valence-electron chi connectivity index (χ1n) is 3.86. The molecule has 2 nitrogen and oxygen atoms in total. The minimum Gasteiger partial charge on any atom is -0.495 e. The van der Waals surface area contributed by atoms with E-state index in [0.29, 0.717) is 0 Å². The van der Waals surface area contributed by atoms with Crippen molar-refractivity contribution in [3.63, 3.8) is 0 Å². The van der Waals surface area contributed by atoms with Crippen molar-refractivity contribution in [1.29, 1.82) is 0 Å². The lowest BCUT2D eigenvalue weighted by molar-refractivity contribution is 0.410. The number of aromatic amines is 1. The molecule has 64 valence electrons. The molecule has 0 aliphatic rings. The smallest absolute Gasteiger partial charge is 0.137 e. The number of H-pyrrole nitrogens is 1. The predicted molar refractivity (Wildman–Crippen MR) is 49.7 cm³/mol. The van der Waals surface area contributed by atoms with Gasteiger partial charge >= 0.3 is 0 Å². The van der Waals surface area contributed by atoms with Crippen LogP contribution < -0.4 is 4.74 Å². The van der Waals surface area contributed by atoms with E-state index in [1.165, 1.54) is 0 Å². The van der Waals surface area contributed by atoms with Gasteiger partial charge in [0.15, 0.2) is 0 Å². The molecular formula is C10H13NO. The van der Waals surface area contributed by atoms with Gasteiger partial charge in [-0.05, 0) is 19.1 Å². The van der Waals surface area contributed by atoms with Gasteiger partial charge in [0.2, 0.25) is 0 Å². The third-order valence-electron chi connectivity index (χ3n) is 1.57. The number of ether oxygens (including phenoxy) is 1. The third-order valence-corrected chi connectivity index (χ3v) is 1.57. The number of methoxy groups -OCH3 is 1. The van der Waals surface area contributed by atoms with Crippen molar-refractivity contribution in [3.8, 4) is 5.75 Å². The Labute approximate surface area is 72.5 Å². The summed E-state index contributed by atoms with van der Waals surface area (Å²) in [6, 6.07) is 9.71. The van der Waals surface area contributed by atoms with E-state index in [1.807, 2.05) is 43.5 Å². The van der Waals surface area contributed by atoms with Gasteiger partial charge < -0.3 is 9.72 Å². The summed E-state index contributed by atoms with van der Waals surface area (Å²) >= 11 is 0. The molecule has 0 aliphatic heterocycles. The van der Waals surface area contributed by atoms with Gasteiger partial charge in [-0.2, -0.15) is 0 Å². The summed E-state index contributed by atoms with van der Waals surface area (Å²) in [6.07, 6.45) is 1.87. The van der Waals surface area contributed by atoms with Crippen LogP contribution in [0.3, 0.4) is 0 Å². The van der Waals surface area contributed by atoms with E-state index in [9.17, 15) is 0 Å². The van der Waals surface area contributed by atoms with Crippen molar-refractivity contribution in [1.82, 2.24) is 4.98 Å². The summed E-state index contributed by atoms with van der Waals surface area (Å²) in [5.74, 6) is 0.853. The first-order chi connectivity index (χ1) is 5.84. The molecule has 0 saturated carbocycles. The highest BCUT2D eigenvalue weighted by molar-refractivity contribution is 5.23. The van der Waals surface area contributed by atoms with Crippen LogP contribution in [0.5, 0.6) is 5.75 Å². The highest BCUT2D eigenvalue weighted by Crippen LogP contribution is 2.09. The Morgan fingerprint density at radius 2 is 1.92 bits per heavy atom. The Kier molecular flexibility index (Phi) is 3.20. The normalized spacial score (nSPS) is 8.83. The van der Waals surface area contributed by atoms with Gasteiger partial charge in [-0.15, -0.1) is 0 Å². The summed E-state index contributed by atoms with van der Waals surface area (Å²) in [6.45, 7) is 1.97. The van der Waals surface area contributed by atoms with Crippen LogP contribution in [0.1, 0.15) is 5.69 Å². The van der Waals surface area contributed by atoms with Crippen molar-refractivity contribution < 1.29 is 4.74 Å². The molecule has 0 fully saturated rings. The minimum absolute atomic E-state index is 0.853. The topological polar surface area (TPSA) is 25.0 Å². The zero-order chi connectivity index (χ0) is 8.81. The van der Waals surface area contributed by atoms with Gasteiger partial charge in [-0.25, -0.2) is 0 Å². The van der Waals surface area contributed by atoms with Gasteiger partial charge in [0.25, 0.3) is 0 Å². The number of aromatic nitrogens is 1. The molecule has 0 atom stereocenters. The molecule has 0 radical (unpaired) electrons. The van der Waals surface area contributed by atoms with Crippen LogP contribution >= 0.6 is 0 Å². The summed E-state index contributed by atoms with van der Waals surface area (Å²) in [5.41, 5.74) is 1.01. The van der Waals surface area contributed by atoms with Crippen molar-refractivity contribution in [2.45, 2.75) is 6.92 Å². The maximum Gasteiger partial charge on any atom is 0.137 e. The second-order valence-electron chi connectivity index (χ2n) is 2.44. The van der Waals surface area contributed by atoms with Gasteiger partial charge in [0.05, 0.1) is 12.8 Å². The van der Waals surface area contributed by atoms with E-state index in [-0.39, 0.29) is 0 Å². The lowest BCUT2D eigenvalue weighted by atomic mass is 10.4. The molecule has 0 aromatic carbocycles. The maximum atomic E-state index is 5.16. The van der Waals surface area contributed by atoms with E-state index in [4.69, 9.17) is 4.74 Å². The standard InChI is InChI=1S/C10H13NO/c1-9-10(12-2)7-5-3-4-6-8-11-9/h3-8,11H,1-2H3. The van der Waals surface area contributed by atoms with Crippen LogP contribution in [0.15, 0.2) is 36.5 Å². The van der Waals surface area contributed by atoms with Gasteiger partial charge in [0.1, 0.15) is 5.75 Å². The van der Waals surface area contributed by atoms with Gasteiger partial charge in [-0.1, -0.05) is 18.2 Å². The fraction of sp³-hybridized carbons (Fsp3) is 0.200. The highest BCUT2D eigenvalue weighted by atomic mass is 16.5. The fourth-order valence-electron chi connectivity index (χ4n) is 0.917. The number of rotatable bonds is 1. The number of aryl methyl sites for hydroxylation is 1. The molecule has 1 rings (SSSR count). The van der Waals surface area contributed by atoms with E-state index < -0.39 is 0 Å². The Hall–Kier alpha value is -1.44. The molecule has 0 aliphatic carbocycles. The zero-order valence-corrected chi connectivity index (χ0v) is 7.37. The average molecular weight is 163 g/mol. The van der Waals surface area contributed by atoms with Crippen LogP contribution in [0.4, 0.5) is 0 Å². The molecule has 0 unspecified atom stereocenters. The average Bonchev–Trinajstić information content (AvgIpc) is 2.17. The molecule has 1 aromatic rings. The van der Waals surface area contributed by atoms with Gasteiger partial charge in [-0.3, -0.25) is 0 Å². The Bertz CT molecular complexity index is 290. The maximum absolute atomic E-state index is 5.16. The summed E-state index contributed by atoms with van der Waals surface area (Å²) in [5, 5.41) is 0. The fourth-order valence-corrected chi connectivity index (χ4v) is 0.917. The second kappa shape index (κ2) is 4.44. The van der Waals surface area contributed by atoms with Crippen molar-refractivity contribution in [3.05, 3.63) is 42.2 Å². The summed E-state index contributed by atoms with van der Waals surface area (Å²) in [4.78, 5) is 3.10. The Balaban J connectivity index is 3.24. The first-order valence-corrected chi connectivity index (χ1v) is 3.86. The number of nitrogens with one attached hydrogen (secondary N) is 1. The molecule has 1 heterocycles. The minimum atomic E-state index is 0.853. The molecule has 0 amide bonds. The number of hydrogen-bond acceptors (Lipinski definition) is 1. The molecule has 0 bridgehead atoms. The largest absolute Gasteiger partial charge is 0.495 e. The lowest BCUT2D eigenvalue weighted by Crippen LogP contribution is -1.85. The van der Waals surface area contributed by atoms with Crippen molar-refractivity contribution >= 4 is 0 Å². The van der Waals surface area contributed by atoms with E-state index in [0.717, 1.165) is 11.4 Å². The Morgan fingerprint density at radius 3 is 2.67 bits per heavy atom. The molecule has 0 spiro atoms. The number of hydrogen-bond donors (Lipinski definition) is 1. The molecule has 12 heavy (non-hydrogen) atoms. The van der Waals surface area contributed by atoms with Crippen molar-refractivity contribution in [2.24, 2.45) is 0 Å². The molecule has 1 aromatic heterocycles. The predicted octanol–water partition coefficient (Wildman–Crippen LogP) is 2.46. The van der Waals surface area contributed by atoms with E-state index in [2.05, 4.69) is 4.98 Å². The SMILES string of the molecule is COc1cccccc[nH]c1C. The molecule has 0 saturated heterocycles. The van der Waals surface area contributed by atoms with Crippen LogP contribution in [-0.4, -0.2) is 12.1 Å². The lowest BCUT2D eigenvalue weighted by Gasteiger charge is -1.98. The van der Waals surface area contributed by atoms with Crippen molar-refractivity contribution in [2.75, 3.05) is 7.11 Å². The van der Waals surface area contributed by atoms with Crippen LogP contribution in [0, 0.1) is 6.92 Å². The molecule has 1 N–H and O–H groups in total. The monoisotopic (exact) mass is 163 g/mol. The molecular weight excluding hydrogens is 150 g/mol. The van der Waals surface area contributed by atoms with Crippen LogP contribution in [-0.2, 0) is 0 Å². The van der Waals surface area contributed by atoms with Crippen LogP contribution in [0.25, 0.3) is 0 Å². The van der Waals surface area contributed by atoms with E-state index >= 15 is 0 Å². The van der Waals surface area contributed by atoms with Gasteiger partial charge in [0, 0.05) is 6.20 Å². The highest BCUT2D eigenvalue weighted by Gasteiger charge is 1.89. The molecule has 2 heteroatoms. The van der Waals surface area contributed by atoms with E-state index in [1.54, 1.807) is 7.11 Å². The zero-order valence-electron chi connectivity index (χ0n) is 7.37. The first kappa shape index (κ1) is 8.65. The Morgan fingerprint density at radius 1 is 1.17 bits per heavy atom. The quantitative estimate of drug-likeness (QED) is 0.675. The van der Waals surface area contributed by atoms with Crippen LogP contribution in [0.2, 0.25) is 0 Å². The summed E-state index contributed by atoms with van der Waals surface area (Å²) in [7, 11) is 1.66.